The minimum absolute atomic E-state index is 0.0159. The number of anilines is 1. The molecule has 11 heteroatoms. The first kappa shape index (κ1) is 24.0. The van der Waals surface area contributed by atoms with E-state index >= 15 is 0 Å². The van der Waals surface area contributed by atoms with Gasteiger partial charge in [-0.25, -0.2) is 8.42 Å². The highest BCUT2D eigenvalue weighted by Gasteiger charge is 2.34. The summed E-state index contributed by atoms with van der Waals surface area (Å²) in [7, 11) is -2.76. The van der Waals surface area contributed by atoms with Gasteiger partial charge in [-0.2, -0.15) is 13.2 Å². The third kappa shape index (κ3) is 5.66. The van der Waals surface area contributed by atoms with Crippen LogP contribution in [-0.2, 0) is 25.7 Å². The number of carbonyl (C=O) groups excluding carboxylic acids is 1. The van der Waals surface area contributed by atoms with Crippen LogP contribution in [-0.4, -0.2) is 34.6 Å². The van der Waals surface area contributed by atoms with Crippen molar-refractivity contribution in [1.82, 2.24) is 0 Å². The van der Waals surface area contributed by atoms with Crippen molar-refractivity contribution in [2.75, 3.05) is 24.6 Å². The quantitative estimate of drug-likeness (QED) is 0.564. The largest absolute Gasteiger partial charge is 0.489 e. The second kappa shape index (κ2) is 9.69. The number of nitrogens with zero attached hydrogens (tertiary/aromatic N) is 1. The molecule has 0 bridgehead atoms. The Bertz CT molecular complexity index is 1010. The number of hydrogen-bond donors (Lipinski definition) is 0. The minimum atomic E-state index is -4.61. The lowest BCUT2D eigenvalue weighted by Gasteiger charge is -2.30. The van der Waals surface area contributed by atoms with Gasteiger partial charge >= 0.3 is 12.1 Å². The number of hydrogen-bond acceptors (Lipinski definition) is 5. The van der Waals surface area contributed by atoms with E-state index in [0.29, 0.717) is 22.7 Å². The van der Waals surface area contributed by atoms with Crippen molar-refractivity contribution in [2.24, 2.45) is 0 Å². The van der Waals surface area contributed by atoms with Gasteiger partial charge in [0.2, 0.25) is 0 Å². The number of rotatable bonds is 3. The summed E-state index contributed by atoms with van der Waals surface area (Å²) in [5.41, 5.74) is -0.723. The Morgan fingerprint density at radius 1 is 1.23 bits per heavy atom. The Labute approximate surface area is 180 Å². The van der Waals surface area contributed by atoms with Crippen LogP contribution in [0.25, 0.3) is 0 Å². The van der Waals surface area contributed by atoms with E-state index in [9.17, 15) is 26.4 Å². The maximum absolute atomic E-state index is 12.9. The molecule has 30 heavy (non-hydrogen) atoms. The Balaban J connectivity index is 0.000000469. The van der Waals surface area contributed by atoms with Crippen molar-refractivity contribution >= 4 is 37.6 Å². The molecule has 0 saturated carbocycles. The zero-order chi connectivity index (χ0) is 22.5. The molecule has 2 aromatic rings. The number of ether oxygens (including phenoxy) is 2. The van der Waals surface area contributed by atoms with Crippen molar-refractivity contribution in [3.8, 4) is 5.75 Å². The lowest BCUT2D eigenvalue weighted by Crippen LogP contribution is -2.38. The number of benzene rings is 2. The lowest BCUT2D eigenvalue weighted by molar-refractivity contribution is -0.140. The number of halogens is 4. The summed E-state index contributed by atoms with van der Waals surface area (Å²) in [4.78, 5) is 9.55. The van der Waals surface area contributed by atoms with Crippen LogP contribution in [0, 0.1) is 0 Å². The summed E-state index contributed by atoms with van der Waals surface area (Å²) < 4.78 is 75.6. The number of esters is 1. The van der Waals surface area contributed by atoms with E-state index in [4.69, 9.17) is 4.74 Å². The van der Waals surface area contributed by atoms with Gasteiger partial charge in [-0.3, -0.25) is 9.10 Å². The molecule has 1 heterocycles. The number of sulfonamides is 1. The molecule has 0 saturated heterocycles. The van der Waals surface area contributed by atoms with Crippen molar-refractivity contribution in [1.29, 1.82) is 0 Å². The van der Waals surface area contributed by atoms with Crippen LogP contribution in [0.3, 0.4) is 0 Å². The van der Waals surface area contributed by atoms with Crippen molar-refractivity contribution < 1.29 is 35.9 Å². The van der Waals surface area contributed by atoms with E-state index in [0.717, 1.165) is 22.5 Å². The molecule has 1 aliphatic rings. The number of methoxy groups -OCH3 is 1. The standard InChI is InChI=1S/C15H11BrF3NO3S.C4H8O2/c16-11-4-5-14-13(9-11)20(6-7-23-14)24(21,22)12-3-1-2-10(8-12)15(17,18)19;1-3-4(5)6-2/h1-5,8-9H,6-7H2;3H2,1-2H3. The van der Waals surface area contributed by atoms with Crippen LogP contribution < -0.4 is 9.04 Å². The van der Waals surface area contributed by atoms with Gasteiger partial charge in [0.1, 0.15) is 12.4 Å². The monoisotopic (exact) mass is 509 g/mol. The molecule has 1 aliphatic heterocycles. The molecule has 0 spiro atoms. The average Bonchev–Trinajstić information content (AvgIpc) is 2.72. The number of alkyl halides is 3. The highest BCUT2D eigenvalue weighted by atomic mass is 79.9. The van der Waals surface area contributed by atoms with E-state index in [1.54, 1.807) is 25.1 Å². The molecular formula is C19H19BrF3NO5S. The van der Waals surface area contributed by atoms with Crippen LogP contribution >= 0.6 is 15.9 Å². The Morgan fingerprint density at radius 2 is 1.93 bits per heavy atom. The summed E-state index contributed by atoms with van der Waals surface area (Å²) in [6.07, 6.45) is -4.14. The number of carbonyl (C=O) groups is 1. The van der Waals surface area contributed by atoms with Gasteiger partial charge in [0.25, 0.3) is 10.0 Å². The van der Waals surface area contributed by atoms with E-state index in [1.165, 1.54) is 7.11 Å². The predicted molar refractivity (Wildman–Crippen MR) is 108 cm³/mol. The van der Waals surface area contributed by atoms with Crippen LogP contribution in [0.1, 0.15) is 18.9 Å². The topological polar surface area (TPSA) is 72.9 Å². The molecule has 3 rings (SSSR count). The fourth-order valence-corrected chi connectivity index (χ4v) is 4.37. The summed E-state index contributed by atoms with van der Waals surface area (Å²) in [5, 5.41) is 0. The van der Waals surface area contributed by atoms with Gasteiger partial charge in [-0.1, -0.05) is 28.9 Å². The van der Waals surface area contributed by atoms with E-state index in [-0.39, 0.29) is 24.8 Å². The summed E-state index contributed by atoms with van der Waals surface area (Å²) >= 11 is 3.25. The van der Waals surface area contributed by atoms with Gasteiger partial charge in [0.15, 0.2) is 0 Å². The smallest absolute Gasteiger partial charge is 0.416 e. The van der Waals surface area contributed by atoms with Gasteiger partial charge in [-0.05, 0) is 36.4 Å². The third-order valence-electron chi connectivity index (χ3n) is 4.01. The summed E-state index contributed by atoms with van der Waals surface area (Å²) in [6, 6.07) is 8.56. The molecular weight excluding hydrogens is 491 g/mol. The first-order chi connectivity index (χ1) is 14.0. The maximum atomic E-state index is 12.9. The maximum Gasteiger partial charge on any atom is 0.416 e. The lowest BCUT2D eigenvalue weighted by atomic mass is 10.2. The second-order valence-corrected chi connectivity index (χ2v) is 8.77. The zero-order valence-corrected chi connectivity index (χ0v) is 18.5. The first-order valence-electron chi connectivity index (χ1n) is 8.70. The van der Waals surface area contributed by atoms with Crippen LogP contribution in [0.4, 0.5) is 18.9 Å². The molecule has 0 amide bonds. The zero-order valence-electron chi connectivity index (χ0n) is 16.1. The summed E-state index contributed by atoms with van der Waals surface area (Å²) in [6.45, 7) is 1.89. The third-order valence-corrected chi connectivity index (χ3v) is 6.31. The van der Waals surface area contributed by atoms with Gasteiger partial charge in [0.05, 0.1) is 29.8 Å². The van der Waals surface area contributed by atoms with Crippen molar-refractivity contribution in [3.63, 3.8) is 0 Å². The number of fused-ring (bicyclic) bond motifs is 1. The van der Waals surface area contributed by atoms with Gasteiger partial charge in [0, 0.05) is 10.9 Å². The molecule has 0 radical (unpaired) electrons. The fourth-order valence-electron chi connectivity index (χ4n) is 2.52. The van der Waals surface area contributed by atoms with Crippen molar-refractivity contribution in [3.05, 3.63) is 52.5 Å². The van der Waals surface area contributed by atoms with Gasteiger partial charge < -0.3 is 9.47 Å². The highest BCUT2D eigenvalue weighted by Crippen LogP contribution is 2.38. The van der Waals surface area contributed by atoms with Crippen LogP contribution in [0.2, 0.25) is 0 Å². The van der Waals surface area contributed by atoms with E-state index in [2.05, 4.69) is 20.7 Å². The second-order valence-electron chi connectivity index (χ2n) is 5.99. The predicted octanol–water partition coefficient (Wildman–Crippen LogP) is 4.63. The molecule has 0 aromatic heterocycles. The summed E-state index contributed by atoms with van der Waals surface area (Å²) in [5.74, 6) is 0.204. The molecule has 0 atom stereocenters. The van der Waals surface area contributed by atoms with Crippen LogP contribution in [0.15, 0.2) is 51.8 Å². The Morgan fingerprint density at radius 3 is 2.50 bits per heavy atom. The van der Waals surface area contributed by atoms with E-state index < -0.39 is 26.7 Å². The molecule has 0 N–H and O–H groups in total. The Hall–Kier alpha value is -2.27. The average molecular weight is 510 g/mol. The Kier molecular flexibility index (Phi) is 7.75. The normalized spacial score (nSPS) is 13.5. The van der Waals surface area contributed by atoms with E-state index in [1.807, 2.05) is 0 Å². The molecule has 164 valence electrons. The molecule has 0 aliphatic carbocycles. The van der Waals surface area contributed by atoms with Gasteiger partial charge in [-0.15, -0.1) is 0 Å². The highest BCUT2D eigenvalue weighted by molar-refractivity contribution is 9.10. The molecule has 0 fully saturated rings. The fraction of sp³-hybridized carbons (Fsp3) is 0.316. The molecule has 0 unspecified atom stereocenters. The molecule has 2 aromatic carbocycles. The molecule has 6 nitrogen and oxygen atoms in total. The SMILES string of the molecule is CCC(=O)OC.O=S(=O)(c1cccc(C(F)(F)F)c1)N1CCOc2ccc(Br)cc21. The minimum Gasteiger partial charge on any atom is -0.489 e. The first-order valence-corrected chi connectivity index (χ1v) is 10.9. The van der Waals surface area contributed by atoms with Crippen molar-refractivity contribution in [2.45, 2.75) is 24.4 Å². The van der Waals surface area contributed by atoms with Crippen LogP contribution in [0.5, 0.6) is 5.75 Å².